The van der Waals surface area contributed by atoms with Crippen molar-refractivity contribution in [2.24, 2.45) is 0 Å². The predicted octanol–water partition coefficient (Wildman–Crippen LogP) is 3.02. The second kappa shape index (κ2) is 5.69. The molecule has 0 aliphatic carbocycles. The molecule has 3 rings (SSSR count). The Labute approximate surface area is 132 Å². The van der Waals surface area contributed by atoms with Crippen LogP contribution in [0.1, 0.15) is 18.2 Å². The number of para-hydroxylation sites is 1. The van der Waals surface area contributed by atoms with Gasteiger partial charge in [0.15, 0.2) is 0 Å². The van der Waals surface area contributed by atoms with Crippen molar-refractivity contribution in [3.8, 4) is 0 Å². The SMILES string of the molecule is CCSC(=S)N1Cc2[nH]c3ccccc3c2CC1C(=O)O. The summed E-state index contributed by atoms with van der Waals surface area (Å²) >= 11 is 6.91. The van der Waals surface area contributed by atoms with Crippen molar-refractivity contribution < 1.29 is 9.90 Å². The lowest BCUT2D eigenvalue weighted by Gasteiger charge is -2.34. The molecule has 110 valence electrons. The average Bonchev–Trinajstić information content (AvgIpc) is 2.83. The summed E-state index contributed by atoms with van der Waals surface area (Å²) in [5.74, 6) is 0.0336. The van der Waals surface area contributed by atoms with E-state index in [2.05, 4.69) is 4.98 Å². The van der Waals surface area contributed by atoms with Gasteiger partial charge in [-0.1, -0.05) is 49.1 Å². The molecular weight excluding hydrogens is 304 g/mol. The molecule has 1 unspecified atom stereocenters. The molecule has 0 saturated heterocycles. The fourth-order valence-corrected chi connectivity index (χ4v) is 3.98. The van der Waals surface area contributed by atoms with Crippen molar-refractivity contribution in [2.45, 2.75) is 25.9 Å². The number of nitrogens with one attached hydrogen (secondary N) is 1. The molecule has 1 aliphatic rings. The zero-order valence-electron chi connectivity index (χ0n) is 11.6. The Bertz CT molecular complexity index is 711. The van der Waals surface area contributed by atoms with E-state index >= 15 is 0 Å². The Morgan fingerprint density at radius 2 is 2.29 bits per heavy atom. The van der Waals surface area contributed by atoms with Crippen LogP contribution in [0.25, 0.3) is 10.9 Å². The van der Waals surface area contributed by atoms with Crippen LogP contribution in [0, 0.1) is 0 Å². The summed E-state index contributed by atoms with van der Waals surface area (Å²) in [5, 5.41) is 10.7. The molecule has 0 saturated carbocycles. The first-order chi connectivity index (χ1) is 10.1. The molecule has 2 N–H and O–H groups in total. The van der Waals surface area contributed by atoms with Gasteiger partial charge in [0, 0.05) is 23.0 Å². The summed E-state index contributed by atoms with van der Waals surface area (Å²) in [5.41, 5.74) is 3.24. The van der Waals surface area contributed by atoms with Gasteiger partial charge in [0.1, 0.15) is 10.4 Å². The van der Waals surface area contributed by atoms with E-state index in [1.807, 2.05) is 36.1 Å². The number of aromatic amines is 1. The maximum atomic E-state index is 11.6. The van der Waals surface area contributed by atoms with Gasteiger partial charge in [0.05, 0.1) is 6.54 Å². The van der Waals surface area contributed by atoms with Crippen molar-refractivity contribution in [3.05, 3.63) is 35.5 Å². The molecule has 1 aromatic heterocycles. The normalized spacial score (nSPS) is 17.8. The maximum Gasteiger partial charge on any atom is 0.326 e. The van der Waals surface area contributed by atoms with Gasteiger partial charge in [-0.3, -0.25) is 0 Å². The highest BCUT2D eigenvalue weighted by molar-refractivity contribution is 8.22. The Balaban J connectivity index is 2.03. The Morgan fingerprint density at radius 1 is 1.52 bits per heavy atom. The van der Waals surface area contributed by atoms with Gasteiger partial charge < -0.3 is 15.0 Å². The minimum Gasteiger partial charge on any atom is -0.480 e. The smallest absolute Gasteiger partial charge is 0.326 e. The van der Waals surface area contributed by atoms with Crippen LogP contribution in [0.2, 0.25) is 0 Å². The first kappa shape index (κ1) is 14.4. The van der Waals surface area contributed by atoms with Gasteiger partial charge in [-0.05, 0) is 17.4 Å². The molecule has 2 aromatic rings. The van der Waals surface area contributed by atoms with Crippen molar-refractivity contribution in [1.82, 2.24) is 9.88 Å². The number of carboxylic acid groups (broad SMARTS) is 1. The first-order valence-electron chi connectivity index (χ1n) is 6.86. The number of aliphatic carboxylic acids is 1. The summed E-state index contributed by atoms with van der Waals surface area (Å²) < 4.78 is 0.661. The fraction of sp³-hybridized carbons (Fsp3) is 0.333. The highest BCUT2D eigenvalue weighted by atomic mass is 32.2. The highest BCUT2D eigenvalue weighted by Crippen LogP contribution is 2.31. The van der Waals surface area contributed by atoms with Crippen LogP contribution in [0.4, 0.5) is 0 Å². The van der Waals surface area contributed by atoms with Gasteiger partial charge in [-0.2, -0.15) is 0 Å². The molecule has 0 amide bonds. The molecule has 21 heavy (non-hydrogen) atoms. The summed E-state index contributed by atoms with van der Waals surface area (Å²) in [4.78, 5) is 16.8. The molecule has 0 bridgehead atoms. The van der Waals surface area contributed by atoms with Gasteiger partial charge in [-0.25, -0.2) is 4.79 Å². The number of thiocarbonyl (C=S) groups is 1. The molecule has 1 aliphatic heterocycles. The van der Waals surface area contributed by atoms with Gasteiger partial charge >= 0.3 is 5.97 Å². The lowest BCUT2D eigenvalue weighted by atomic mass is 9.97. The van der Waals surface area contributed by atoms with E-state index < -0.39 is 12.0 Å². The summed E-state index contributed by atoms with van der Waals surface area (Å²) in [6.07, 6.45) is 0.485. The lowest BCUT2D eigenvalue weighted by Crippen LogP contribution is -2.47. The predicted molar refractivity (Wildman–Crippen MR) is 89.7 cm³/mol. The van der Waals surface area contributed by atoms with Crippen LogP contribution >= 0.6 is 24.0 Å². The van der Waals surface area contributed by atoms with Crippen LogP contribution in [0.3, 0.4) is 0 Å². The number of H-pyrrole nitrogens is 1. The van der Waals surface area contributed by atoms with E-state index in [1.54, 1.807) is 0 Å². The number of benzene rings is 1. The van der Waals surface area contributed by atoms with Crippen molar-refractivity contribution in [3.63, 3.8) is 0 Å². The monoisotopic (exact) mass is 320 g/mol. The summed E-state index contributed by atoms with van der Waals surface area (Å²) in [6, 6.07) is 7.44. The second-order valence-corrected chi connectivity index (χ2v) is 6.91. The Hall–Kier alpha value is -1.53. The van der Waals surface area contributed by atoms with E-state index in [0.29, 0.717) is 17.3 Å². The molecular formula is C15H16N2O2S2. The number of fused-ring (bicyclic) bond motifs is 3. The molecule has 0 radical (unpaired) electrons. The third-order valence-corrected chi connectivity index (χ3v) is 5.15. The van der Waals surface area contributed by atoms with E-state index in [0.717, 1.165) is 27.9 Å². The average molecular weight is 320 g/mol. The Kier molecular flexibility index (Phi) is 3.91. The maximum absolute atomic E-state index is 11.6. The first-order valence-corrected chi connectivity index (χ1v) is 8.26. The van der Waals surface area contributed by atoms with Crippen LogP contribution < -0.4 is 0 Å². The minimum atomic E-state index is -0.815. The van der Waals surface area contributed by atoms with Crippen LogP contribution in [0.15, 0.2) is 24.3 Å². The topological polar surface area (TPSA) is 56.3 Å². The van der Waals surface area contributed by atoms with Crippen molar-refractivity contribution in [1.29, 1.82) is 0 Å². The van der Waals surface area contributed by atoms with Crippen LogP contribution in [-0.2, 0) is 17.8 Å². The highest BCUT2D eigenvalue weighted by Gasteiger charge is 2.34. The fourth-order valence-electron chi connectivity index (χ4n) is 2.83. The number of aromatic nitrogens is 1. The quantitative estimate of drug-likeness (QED) is 0.833. The molecule has 1 aromatic carbocycles. The number of thioether (sulfide) groups is 1. The zero-order chi connectivity index (χ0) is 15.0. The van der Waals surface area contributed by atoms with Crippen LogP contribution in [-0.4, -0.2) is 37.1 Å². The van der Waals surface area contributed by atoms with Gasteiger partial charge in [0.2, 0.25) is 0 Å². The zero-order valence-corrected chi connectivity index (χ0v) is 13.3. The van der Waals surface area contributed by atoms with Crippen LogP contribution in [0.5, 0.6) is 0 Å². The number of rotatable bonds is 2. The van der Waals surface area contributed by atoms with Crippen molar-refractivity contribution in [2.75, 3.05) is 5.75 Å². The summed E-state index contributed by atoms with van der Waals surface area (Å²) in [6.45, 7) is 2.55. The number of carboxylic acids is 1. The van der Waals surface area contributed by atoms with E-state index in [9.17, 15) is 9.90 Å². The molecule has 0 fully saturated rings. The molecule has 2 heterocycles. The third kappa shape index (κ3) is 2.53. The largest absolute Gasteiger partial charge is 0.480 e. The number of hydrogen-bond acceptors (Lipinski definition) is 3. The van der Waals surface area contributed by atoms with Crippen molar-refractivity contribution >= 4 is 45.2 Å². The summed E-state index contributed by atoms with van der Waals surface area (Å²) in [7, 11) is 0. The number of hydrogen-bond donors (Lipinski definition) is 2. The molecule has 4 nitrogen and oxygen atoms in total. The standard InChI is InChI=1S/C15H16N2O2S2/c1-2-21-15(20)17-8-12-10(7-13(17)14(18)19)9-5-3-4-6-11(9)16-12/h3-6,13,16H,2,7-8H2,1H3,(H,18,19). The molecule has 0 spiro atoms. The van der Waals surface area contributed by atoms with E-state index in [4.69, 9.17) is 12.2 Å². The lowest BCUT2D eigenvalue weighted by molar-refractivity contribution is -0.142. The minimum absolute atomic E-state index is 0.485. The second-order valence-electron chi connectivity index (χ2n) is 5.01. The molecule has 6 heteroatoms. The van der Waals surface area contributed by atoms with Gasteiger partial charge in [-0.15, -0.1) is 0 Å². The number of nitrogens with zero attached hydrogens (tertiary/aromatic N) is 1. The van der Waals surface area contributed by atoms with Gasteiger partial charge in [0.25, 0.3) is 0 Å². The van der Waals surface area contributed by atoms with E-state index in [1.165, 1.54) is 11.8 Å². The number of carbonyl (C=O) groups is 1. The molecule has 1 atom stereocenters. The Morgan fingerprint density at radius 3 is 3.00 bits per heavy atom. The van der Waals surface area contributed by atoms with E-state index in [-0.39, 0.29) is 0 Å². The third-order valence-electron chi connectivity index (χ3n) is 3.79.